The largest absolute Gasteiger partial charge is 0.459 e. The van der Waals surface area contributed by atoms with Crippen LogP contribution in [0.15, 0.2) is 108 Å². The number of alkyl halides is 1. The van der Waals surface area contributed by atoms with E-state index in [9.17, 15) is 19.2 Å². The number of nitrogens with one attached hydrogen (secondary N) is 1. The molecule has 10 nitrogen and oxygen atoms in total. The summed E-state index contributed by atoms with van der Waals surface area (Å²) in [6.07, 6.45) is -3.23. The van der Waals surface area contributed by atoms with Gasteiger partial charge < -0.3 is 19.5 Å². The highest BCUT2D eigenvalue weighted by molar-refractivity contribution is 6.03. The van der Waals surface area contributed by atoms with Gasteiger partial charge in [0, 0.05) is 11.8 Å². The maximum atomic E-state index is 16.5. The monoisotopic (exact) mass is 571 g/mol. The first-order chi connectivity index (χ1) is 20.2. The number of rotatable bonds is 8. The van der Waals surface area contributed by atoms with Crippen LogP contribution in [0.1, 0.15) is 44.2 Å². The number of nitrogens with zero attached hydrogens (tertiary/aromatic N) is 2. The van der Waals surface area contributed by atoms with Gasteiger partial charge in [-0.15, -0.1) is 0 Å². The second kappa shape index (κ2) is 12.1. The lowest BCUT2D eigenvalue weighted by Gasteiger charge is -2.27. The Kier molecular flexibility index (Phi) is 8.21. The standard InChI is InChI=1S/C31H26FN3O7/c1-31(32)25(42-28(38)22-15-9-4-10-16-22)23(19-40-27(37)21-13-7-3-8-14-21)41-29(31)35-18-17-24(34-30(35)39)33-26(36)20-11-5-2-6-12-20/h2-18,23,25,29H,19H2,1H3,(H,33,34,36,39)/t23-,25?,29-,31?/m1/s1. The van der Waals surface area contributed by atoms with Crippen LogP contribution in [0.25, 0.3) is 0 Å². The Morgan fingerprint density at radius 2 is 1.43 bits per heavy atom. The maximum Gasteiger partial charge on any atom is 0.351 e. The highest BCUT2D eigenvalue weighted by Crippen LogP contribution is 2.43. The molecule has 2 heterocycles. The normalized spacial score (nSPS) is 21.3. The molecular weight excluding hydrogens is 545 g/mol. The molecule has 1 saturated heterocycles. The molecule has 3 aromatic carbocycles. The first-order valence-electron chi connectivity index (χ1n) is 13.0. The molecule has 1 amide bonds. The second-order valence-electron chi connectivity index (χ2n) is 9.66. The van der Waals surface area contributed by atoms with E-state index in [1.807, 2.05) is 0 Å². The van der Waals surface area contributed by atoms with Gasteiger partial charge >= 0.3 is 17.6 Å². The van der Waals surface area contributed by atoms with Crippen molar-refractivity contribution >= 4 is 23.7 Å². The lowest BCUT2D eigenvalue weighted by molar-refractivity contribution is -0.0648. The van der Waals surface area contributed by atoms with E-state index >= 15 is 4.39 Å². The van der Waals surface area contributed by atoms with Gasteiger partial charge in [0.05, 0.1) is 11.1 Å². The minimum absolute atomic E-state index is 0.0518. The number of ether oxygens (including phenoxy) is 3. The van der Waals surface area contributed by atoms with E-state index in [2.05, 4.69) is 10.3 Å². The first-order valence-corrected chi connectivity index (χ1v) is 13.0. The summed E-state index contributed by atoms with van der Waals surface area (Å²) in [5, 5.41) is 2.52. The molecular formula is C31H26FN3O7. The predicted octanol–water partition coefficient (Wildman–Crippen LogP) is 4.20. The molecule has 214 valence electrons. The van der Waals surface area contributed by atoms with E-state index in [1.165, 1.54) is 24.4 Å². The van der Waals surface area contributed by atoms with Crippen molar-refractivity contribution in [1.29, 1.82) is 0 Å². The molecule has 1 aromatic heterocycles. The van der Waals surface area contributed by atoms with Crippen LogP contribution in [-0.2, 0) is 14.2 Å². The Bertz CT molecular complexity index is 1630. The fourth-order valence-corrected chi connectivity index (χ4v) is 4.54. The molecule has 0 radical (unpaired) electrons. The van der Waals surface area contributed by atoms with E-state index < -0.39 is 54.2 Å². The Morgan fingerprint density at radius 1 is 0.881 bits per heavy atom. The lowest BCUT2D eigenvalue weighted by atomic mass is 9.98. The van der Waals surface area contributed by atoms with Crippen molar-refractivity contribution in [2.75, 3.05) is 11.9 Å². The van der Waals surface area contributed by atoms with E-state index in [4.69, 9.17) is 14.2 Å². The first kappa shape index (κ1) is 28.4. The summed E-state index contributed by atoms with van der Waals surface area (Å²) in [5.74, 6) is -2.05. The van der Waals surface area contributed by atoms with Crippen LogP contribution in [0.5, 0.6) is 0 Å². The Morgan fingerprint density at radius 3 is 2.00 bits per heavy atom. The van der Waals surface area contributed by atoms with Gasteiger partial charge in [0.1, 0.15) is 18.5 Å². The van der Waals surface area contributed by atoms with Gasteiger partial charge in [0.25, 0.3) is 5.91 Å². The van der Waals surface area contributed by atoms with Gasteiger partial charge in [-0.05, 0) is 49.4 Å². The summed E-state index contributed by atoms with van der Waals surface area (Å²) in [7, 11) is 0. The van der Waals surface area contributed by atoms with E-state index in [0.29, 0.717) is 5.56 Å². The average Bonchev–Trinajstić information content (AvgIpc) is 3.25. The number of esters is 2. The SMILES string of the molecule is CC1(F)C(OC(=O)c2ccccc2)[C@@H](COC(=O)c2ccccc2)O[C@H]1n1ccc(NC(=O)c2ccccc2)nc1=O. The Balaban J connectivity index is 1.39. The predicted molar refractivity (Wildman–Crippen MR) is 149 cm³/mol. The molecule has 0 saturated carbocycles. The van der Waals surface area contributed by atoms with Crippen molar-refractivity contribution in [2.45, 2.75) is 31.0 Å². The van der Waals surface area contributed by atoms with Gasteiger partial charge in [-0.1, -0.05) is 54.6 Å². The number of anilines is 1. The van der Waals surface area contributed by atoms with Crippen LogP contribution < -0.4 is 11.0 Å². The van der Waals surface area contributed by atoms with Crippen molar-refractivity contribution in [3.8, 4) is 0 Å². The summed E-state index contributed by atoms with van der Waals surface area (Å²) < 4.78 is 34.2. The average molecular weight is 572 g/mol. The number of carbonyl (C=O) groups is 3. The molecule has 4 atom stereocenters. The quantitative estimate of drug-likeness (QED) is 0.312. The number of benzene rings is 3. The van der Waals surface area contributed by atoms with E-state index in [1.54, 1.807) is 78.9 Å². The molecule has 0 spiro atoms. The summed E-state index contributed by atoms with van der Waals surface area (Å²) in [4.78, 5) is 54.8. The second-order valence-corrected chi connectivity index (χ2v) is 9.66. The van der Waals surface area contributed by atoms with Crippen molar-refractivity contribution in [2.24, 2.45) is 0 Å². The maximum absolute atomic E-state index is 16.5. The summed E-state index contributed by atoms with van der Waals surface area (Å²) in [6, 6.07) is 25.8. The van der Waals surface area contributed by atoms with Crippen LogP contribution in [0.2, 0.25) is 0 Å². The van der Waals surface area contributed by atoms with Crippen LogP contribution in [0.3, 0.4) is 0 Å². The topological polar surface area (TPSA) is 126 Å². The zero-order valence-electron chi connectivity index (χ0n) is 22.4. The summed E-state index contributed by atoms with van der Waals surface area (Å²) >= 11 is 0. The molecule has 1 fully saturated rings. The molecule has 5 rings (SSSR count). The molecule has 42 heavy (non-hydrogen) atoms. The number of amides is 1. The van der Waals surface area contributed by atoms with Gasteiger partial charge in [-0.3, -0.25) is 9.36 Å². The highest BCUT2D eigenvalue weighted by Gasteiger charge is 2.58. The molecule has 1 aliphatic rings. The molecule has 0 bridgehead atoms. The summed E-state index contributed by atoms with van der Waals surface area (Å²) in [6.45, 7) is 0.654. The smallest absolute Gasteiger partial charge is 0.351 e. The molecule has 1 N–H and O–H groups in total. The molecule has 1 aliphatic heterocycles. The molecule has 2 unspecified atom stereocenters. The fraction of sp³-hybridized carbons (Fsp3) is 0.194. The van der Waals surface area contributed by atoms with Gasteiger partial charge in [0.2, 0.25) is 0 Å². The number of hydrogen-bond acceptors (Lipinski definition) is 8. The van der Waals surface area contributed by atoms with Gasteiger partial charge in [0.15, 0.2) is 18.0 Å². The highest BCUT2D eigenvalue weighted by atomic mass is 19.1. The zero-order valence-corrected chi connectivity index (χ0v) is 22.4. The van der Waals surface area contributed by atoms with Crippen molar-refractivity contribution in [3.05, 3.63) is 130 Å². The Labute approximate surface area is 239 Å². The van der Waals surface area contributed by atoms with Gasteiger partial charge in [-0.2, -0.15) is 4.98 Å². The third-order valence-corrected chi connectivity index (χ3v) is 6.67. The van der Waals surface area contributed by atoms with E-state index in [-0.39, 0.29) is 16.9 Å². The zero-order chi connectivity index (χ0) is 29.7. The van der Waals surface area contributed by atoms with E-state index in [0.717, 1.165) is 11.5 Å². The minimum Gasteiger partial charge on any atom is -0.459 e. The van der Waals surface area contributed by atoms with Crippen molar-refractivity contribution in [3.63, 3.8) is 0 Å². The van der Waals surface area contributed by atoms with Gasteiger partial charge in [-0.25, -0.2) is 18.8 Å². The molecule has 0 aliphatic carbocycles. The van der Waals surface area contributed by atoms with Crippen molar-refractivity contribution < 1.29 is 33.0 Å². The molecule has 4 aromatic rings. The fourth-order valence-electron chi connectivity index (χ4n) is 4.54. The molecule has 11 heteroatoms. The third-order valence-electron chi connectivity index (χ3n) is 6.67. The minimum atomic E-state index is -2.46. The number of hydrogen-bond donors (Lipinski definition) is 1. The number of aromatic nitrogens is 2. The number of halogens is 1. The third kappa shape index (κ3) is 6.11. The summed E-state index contributed by atoms with van der Waals surface area (Å²) in [5.41, 5.74) is -2.59. The van der Waals surface area contributed by atoms with Crippen LogP contribution in [-0.4, -0.2) is 51.9 Å². The van der Waals surface area contributed by atoms with Crippen LogP contribution in [0.4, 0.5) is 10.2 Å². The lowest BCUT2D eigenvalue weighted by Crippen LogP contribution is -2.45. The Hall–Kier alpha value is -5.16. The number of carbonyl (C=O) groups excluding carboxylic acids is 3. The van der Waals surface area contributed by atoms with Crippen LogP contribution in [0, 0.1) is 0 Å². The van der Waals surface area contributed by atoms with Crippen molar-refractivity contribution in [1.82, 2.24) is 9.55 Å². The van der Waals surface area contributed by atoms with Crippen LogP contribution >= 0.6 is 0 Å².